The average molecular weight is 447 g/mol. The van der Waals surface area contributed by atoms with Crippen molar-refractivity contribution >= 4 is 0 Å². The van der Waals surface area contributed by atoms with Crippen molar-refractivity contribution in [3.8, 4) is 0 Å². The van der Waals surface area contributed by atoms with Gasteiger partial charge in [-0.15, -0.1) is 0 Å². The highest BCUT2D eigenvalue weighted by atomic mass is 17.2. The number of aliphatic hydroxyl groups is 5. The second-order valence-corrected chi connectivity index (χ2v) is 8.00. The van der Waals surface area contributed by atoms with Gasteiger partial charge in [-0.25, -0.2) is 9.78 Å². The number of rotatable bonds is 19. The number of hydrogen-bond donors (Lipinski definition) is 5. The molecule has 0 radical (unpaired) electrons. The maximum Gasteiger partial charge on any atom is 0.0944 e. The van der Waals surface area contributed by atoms with Crippen LogP contribution < -0.4 is 0 Å². The highest BCUT2D eigenvalue weighted by Gasteiger charge is 2.32. The van der Waals surface area contributed by atoms with E-state index in [9.17, 15) is 25.5 Å². The molecule has 9 nitrogen and oxygen atoms in total. The van der Waals surface area contributed by atoms with Crippen LogP contribution in [0.4, 0.5) is 0 Å². The molecule has 1 rings (SSSR count). The molecule has 0 saturated heterocycles. The highest BCUT2D eigenvalue weighted by Crippen LogP contribution is 2.20. The van der Waals surface area contributed by atoms with Gasteiger partial charge in [-0.3, -0.25) is 0 Å². The van der Waals surface area contributed by atoms with Gasteiger partial charge in [0.2, 0.25) is 0 Å². The maximum atomic E-state index is 9.67. The molecule has 0 spiro atoms. The van der Waals surface area contributed by atoms with E-state index < -0.39 is 30.7 Å². The first kappa shape index (κ1) is 27.9. The van der Waals surface area contributed by atoms with Gasteiger partial charge in [0.05, 0.1) is 69.8 Å². The summed E-state index contributed by atoms with van der Waals surface area (Å²) in [6.07, 6.45) is 1.60. The molecule has 31 heavy (non-hydrogen) atoms. The summed E-state index contributed by atoms with van der Waals surface area (Å²) in [6, 6.07) is 9.99. The van der Waals surface area contributed by atoms with Crippen molar-refractivity contribution in [1.29, 1.82) is 0 Å². The zero-order valence-electron chi connectivity index (χ0n) is 18.3. The number of aliphatic hydroxyl groups excluding tert-OH is 5. The molecular formula is C22H38O9. The van der Waals surface area contributed by atoms with E-state index in [0.29, 0.717) is 13.2 Å². The molecule has 0 heterocycles. The molecular weight excluding hydrogens is 408 g/mol. The summed E-state index contributed by atoms with van der Waals surface area (Å²) < 4.78 is 11.4. The van der Waals surface area contributed by atoms with Crippen molar-refractivity contribution < 1.29 is 44.8 Å². The third-order valence-corrected chi connectivity index (χ3v) is 5.22. The molecule has 1 aromatic carbocycles. The second-order valence-electron chi connectivity index (χ2n) is 8.00. The largest absolute Gasteiger partial charge is 0.396 e. The average Bonchev–Trinajstić information content (AvgIpc) is 2.83. The molecule has 0 aliphatic carbocycles. The molecule has 0 aliphatic heterocycles. The Balaban J connectivity index is 2.23. The molecule has 0 aromatic heterocycles. The Morgan fingerprint density at radius 2 is 1.23 bits per heavy atom. The molecule has 9 heteroatoms. The van der Waals surface area contributed by atoms with Crippen LogP contribution in [0.25, 0.3) is 0 Å². The zero-order chi connectivity index (χ0) is 23.0. The Kier molecular flexibility index (Phi) is 14.1. The molecule has 0 amide bonds. The highest BCUT2D eigenvalue weighted by molar-refractivity contribution is 5.16. The fraction of sp³-hybridized carbons (Fsp3) is 0.727. The second kappa shape index (κ2) is 15.6. The van der Waals surface area contributed by atoms with Crippen LogP contribution in [0.15, 0.2) is 30.3 Å². The van der Waals surface area contributed by atoms with Gasteiger partial charge in [0, 0.05) is 13.2 Å². The molecule has 0 fully saturated rings. The van der Waals surface area contributed by atoms with Gasteiger partial charge in [-0.1, -0.05) is 30.3 Å². The summed E-state index contributed by atoms with van der Waals surface area (Å²) >= 11 is 0. The van der Waals surface area contributed by atoms with Crippen LogP contribution in [0.5, 0.6) is 0 Å². The van der Waals surface area contributed by atoms with E-state index in [0.717, 1.165) is 18.4 Å². The molecule has 0 bridgehead atoms. The molecule has 1 aromatic rings. The third-order valence-electron chi connectivity index (χ3n) is 5.22. The molecule has 1 atom stereocenters. The molecule has 5 N–H and O–H groups in total. The lowest BCUT2D eigenvalue weighted by Crippen LogP contribution is -2.42. The Hall–Kier alpha value is -1.14. The zero-order valence-corrected chi connectivity index (χ0v) is 18.3. The predicted octanol–water partition coefficient (Wildman–Crippen LogP) is 0.444. The summed E-state index contributed by atoms with van der Waals surface area (Å²) in [6.45, 7) is 0.514. The summed E-state index contributed by atoms with van der Waals surface area (Å²) in [5.41, 5.74) is -1.15. The topological polar surface area (TPSA) is 138 Å². The summed E-state index contributed by atoms with van der Waals surface area (Å²) in [4.78, 5) is 10.0. The molecule has 0 aliphatic rings. The Labute approximate surface area is 184 Å². The van der Waals surface area contributed by atoms with Crippen LogP contribution in [-0.2, 0) is 19.2 Å². The van der Waals surface area contributed by atoms with Gasteiger partial charge in [0.15, 0.2) is 0 Å². The lowest BCUT2D eigenvalue weighted by atomic mass is 9.92. The monoisotopic (exact) mass is 446 g/mol. The van der Waals surface area contributed by atoms with E-state index in [-0.39, 0.29) is 39.1 Å². The van der Waals surface area contributed by atoms with E-state index in [1.54, 1.807) is 0 Å². The molecule has 0 saturated carbocycles. The van der Waals surface area contributed by atoms with Crippen molar-refractivity contribution in [3.63, 3.8) is 0 Å². The summed E-state index contributed by atoms with van der Waals surface area (Å²) in [5, 5.41) is 47.1. The van der Waals surface area contributed by atoms with Gasteiger partial charge < -0.3 is 35.0 Å². The van der Waals surface area contributed by atoms with Gasteiger partial charge >= 0.3 is 0 Å². The van der Waals surface area contributed by atoms with Gasteiger partial charge in [-0.2, -0.15) is 0 Å². The van der Waals surface area contributed by atoms with Crippen molar-refractivity contribution in [1.82, 2.24) is 0 Å². The standard InChI is InChI=1S/C22H38O9/c1-19(20-7-3-2-4-8-20)29-10-6-5-9-28-16-22(14-26,15-27)18-31-30-17-21(11-23,12-24)13-25/h2-4,7-8,19,23-27H,5-6,9-18H2,1H3. The van der Waals surface area contributed by atoms with Gasteiger partial charge in [0.25, 0.3) is 0 Å². The van der Waals surface area contributed by atoms with Crippen LogP contribution in [0, 0.1) is 10.8 Å². The summed E-state index contributed by atoms with van der Waals surface area (Å²) in [7, 11) is 0. The van der Waals surface area contributed by atoms with Crippen LogP contribution in [0.1, 0.15) is 31.4 Å². The van der Waals surface area contributed by atoms with Crippen molar-refractivity contribution in [2.45, 2.75) is 25.9 Å². The first-order valence-corrected chi connectivity index (χ1v) is 10.5. The smallest absolute Gasteiger partial charge is 0.0944 e. The first-order valence-electron chi connectivity index (χ1n) is 10.5. The van der Waals surface area contributed by atoms with Gasteiger partial charge in [0.1, 0.15) is 0 Å². The number of unbranched alkanes of at least 4 members (excludes halogenated alkanes) is 1. The van der Waals surface area contributed by atoms with Crippen molar-refractivity contribution in [2.24, 2.45) is 10.8 Å². The van der Waals surface area contributed by atoms with Gasteiger partial charge in [-0.05, 0) is 25.3 Å². The quantitative estimate of drug-likeness (QED) is 0.116. The van der Waals surface area contributed by atoms with E-state index in [2.05, 4.69) is 0 Å². The summed E-state index contributed by atoms with van der Waals surface area (Å²) in [5.74, 6) is 0. The molecule has 180 valence electrons. The maximum absolute atomic E-state index is 9.67. The minimum Gasteiger partial charge on any atom is -0.396 e. The number of benzene rings is 1. The third kappa shape index (κ3) is 9.90. The van der Waals surface area contributed by atoms with Crippen LogP contribution in [0.3, 0.4) is 0 Å². The normalized spacial score (nSPS) is 13.5. The Morgan fingerprint density at radius 1 is 0.710 bits per heavy atom. The fourth-order valence-corrected chi connectivity index (χ4v) is 2.57. The molecule has 1 unspecified atom stereocenters. The Morgan fingerprint density at radius 3 is 1.77 bits per heavy atom. The first-order chi connectivity index (χ1) is 15.0. The predicted molar refractivity (Wildman–Crippen MR) is 113 cm³/mol. The van der Waals surface area contributed by atoms with E-state index >= 15 is 0 Å². The SMILES string of the molecule is CC(OCCCCOCC(CO)(CO)COOCC(CO)(CO)CO)c1ccccc1. The lowest BCUT2D eigenvalue weighted by Gasteiger charge is -2.30. The van der Waals surface area contributed by atoms with E-state index in [1.807, 2.05) is 37.3 Å². The van der Waals surface area contributed by atoms with E-state index in [4.69, 9.17) is 19.2 Å². The minimum atomic E-state index is -1.22. The van der Waals surface area contributed by atoms with Crippen LogP contribution in [0.2, 0.25) is 0 Å². The van der Waals surface area contributed by atoms with Crippen LogP contribution in [-0.4, -0.2) is 91.6 Å². The Bertz CT molecular complexity index is 539. The number of ether oxygens (including phenoxy) is 2. The minimum absolute atomic E-state index is 0.0249. The van der Waals surface area contributed by atoms with Crippen molar-refractivity contribution in [2.75, 3.05) is 66.1 Å². The van der Waals surface area contributed by atoms with E-state index in [1.165, 1.54) is 0 Å². The van der Waals surface area contributed by atoms with Crippen molar-refractivity contribution in [3.05, 3.63) is 35.9 Å². The number of hydrogen-bond acceptors (Lipinski definition) is 9. The lowest BCUT2D eigenvalue weighted by molar-refractivity contribution is -0.335. The fourth-order valence-electron chi connectivity index (χ4n) is 2.57. The van der Waals surface area contributed by atoms with Crippen LogP contribution >= 0.6 is 0 Å².